The van der Waals surface area contributed by atoms with Crippen LogP contribution in [-0.2, 0) is 22.6 Å². The fourth-order valence-corrected chi connectivity index (χ4v) is 1.85. The Morgan fingerprint density at radius 2 is 2.00 bits per heavy atom. The molecule has 2 aromatic rings. The summed E-state index contributed by atoms with van der Waals surface area (Å²) in [6.07, 6.45) is 0.0316. The minimum absolute atomic E-state index is 0.0316. The molecule has 5 heteroatoms. The molecule has 2 aromatic carbocycles. The molecule has 0 heterocycles. The summed E-state index contributed by atoms with van der Waals surface area (Å²) in [6, 6.07) is 12.6. The van der Waals surface area contributed by atoms with Gasteiger partial charge in [-0.25, -0.2) is 4.39 Å². The van der Waals surface area contributed by atoms with Crippen LogP contribution in [0.15, 0.2) is 42.5 Å². The normalized spacial score (nSPS) is 9.90. The zero-order valence-electron chi connectivity index (χ0n) is 11.2. The van der Waals surface area contributed by atoms with Crippen LogP contribution in [0.5, 0.6) is 0 Å². The lowest BCUT2D eigenvalue weighted by Gasteiger charge is -2.08. The highest BCUT2D eigenvalue weighted by atomic mass is 19.1. The predicted octanol–water partition coefficient (Wildman–Crippen LogP) is 2.57. The summed E-state index contributed by atoms with van der Waals surface area (Å²) in [6.45, 7) is -0.147. The molecule has 0 saturated carbocycles. The molecule has 0 amide bonds. The highest BCUT2D eigenvalue weighted by molar-refractivity contribution is 5.74. The molecule has 0 fully saturated rings. The van der Waals surface area contributed by atoms with Crippen LogP contribution >= 0.6 is 0 Å². The molecule has 0 saturated heterocycles. The van der Waals surface area contributed by atoms with Gasteiger partial charge in [-0.2, -0.15) is 5.26 Å². The zero-order valence-corrected chi connectivity index (χ0v) is 11.2. The van der Waals surface area contributed by atoms with Gasteiger partial charge in [0.2, 0.25) is 0 Å². The van der Waals surface area contributed by atoms with E-state index in [0.717, 1.165) is 0 Å². The van der Waals surface area contributed by atoms with Gasteiger partial charge in [-0.3, -0.25) is 4.79 Å². The van der Waals surface area contributed by atoms with Gasteiger partial charge in [0.25, 0.3) is 0 Å². The summed E-state index contributed by atoms with van der Waals surface area (Å²) < 4.78 is 18.2. The highest BCUT2D eigenvalue weighted by Crippen LogP contribution is 2.14. The van der Waals surface area contributed by atoms with E-state index in [-0.39, 0.29) is 18.6 Å². The van der Waals surface area contributed by atoms with Crippen LogP contribution < -0.4 is 5.73 Å². The van der Waals surface area contributed by atoms with E-state index in [0.29, 0.717) is 16.8 Å². The Balaban J connectivity index is 2.01. The average molecular weight is 284 g/mol. The van der Waals surface area contributed by atoms with Gasteiger partial charge in [-0.1, -0.05) is 18.2 Å². The second-order valence-corrected chi connectivity index (χ2v) is 4.45. The Morgan fingerprint density at radius 3 is 2.71 bits per heavy atom. The summed E-state index contributed by atoms with van der Waals surface area (Å²) in [5, 5.41) is 8.92. The second kappa shape index (κ2) is 6.53. The average Bonchev–Trinajstić information content (AvgIpc) is 2.48. The number of nitrogens with zero attached hydrogens (tertiary/aromatic N) is 1. The van der Waals surface area contributed by atoms with E-state index in [9.17, 15) is 9.18 Å². The van der Waals surface area contributed by atoms with Crippen molar-refractivity contribution in [3.05, 3.63) is 65.0 Å². The van der Waals surface area contributed by atoms with Gasteiger partial charge in [0, 0.05) is 11.3 Å². The largest absolute Gasteiger partial charge is 0.461 e. The van der Waals surface area contributed by atoms with Gasteiger partial charge in [0.15, 0.2) is 0 Å². The fraction of sp³-hybridized carbons (Fsp3) is 0.125. The standard InChI is InChI=1S/C16H13FN2O2/c17-14-6-5-12(9-18)13(7-14)10-21-16(20)8-11-3-1-2-4-15(11)19/h1-7H,8,10,19H2. The number of anilines is 1. The maximum Gasteiger partial charge on any atom is 0.310 e. The monoisotopic (exact) mass is 284 g/mol. The summed E-state index contributed by atoms with van der Waals surface area (Å²) in [7, 11) is 0. The zero-order chi connectivity index (χ0) is 15.2. The lowest BCUT2D eigenvalue weighted by atomic mass is 10.1. The number of benzene rings is 2. The number of para-hydroxylation sites is 1. The second-order valence-electron chi connectivity index (χ2n) is 4.45. The number of esters is 1. The predicted molar refractivity (Wildman–Crippen MR) is 75.5 cm³/mol. The molecule has 0 atom stereocenters. The SMILES string of the molecule is N#Cc1ccc(F)cc1COC(=O)Cc1ccccc1N. The van der Waals surface area contributed by atoms with Crippen molar-refractivity contribution >= 4 is 11.7 Å². The van der Waals surface area contributed by atoms with Crippen molar-refractivity contribution in [1.29, 1.82) is 5.26 Å². The van der Waals surface area contributed by atoms with E-state index in [1.165, 1.54) is 18.2 Å². The van der Waals surface area contributed by atoms with Crippen molar-refractivity contribution in [2.75, 3.05) is 5.73 Å². The Hall–Kier alpha value is -2.87. The third kappa shape index (κ3) is 3.80. The van der Waals surface area contributed by atoms with Crippen molar-refractivity contribution in [2.45, 2.75) is 13.0 Å². The van der Waals surface area contributed by atoms with Gasteiger partial charge in [-0.05, 0) is 29.8 Å². The molecule has 0 aliphatic rings. The van der Waals surface area contributed by atoms with Gasteiger partial charge < -0.3 is 10.5 Å². The minimum Gasteiger partial charge on any atom is -0.461 e. The van der Waals surface area contributed by atoms with Gasteiger partial charge in [-0.15, -0.1) is 0 Å². The molecule has 0 bridgehead atoms. The van der Waals surface area contributed by atoms with E-state index < -0.39 is 11.8 Å². The Bertz CT molecular complexity index is 708. The molecule has 0 radical (unpaired) electrons. The number of rotatable bonds is 4. The number of hydrogen-bond donors (Lipinski definition) is 1. The Kier molecular flexibility index (Phi) is 4.52. The van der Waals surface area contributed by atoms with Crippen LogP contribution in [0.1, 0.15) is 16.7 Å². The summed E-state index contributed by atoms with van der Waals surface area (Å²) in [5.74, 6) is -0.964. The molecule has 2 rings (SSSR count). The number of hydrogen-bond acceptors (Lipinski definition) is 4. The summed E-state index contributed by atoms with van der Waals surface area (Å²) in [5.41, 5.74) is 7.54. The number of carbonyl (C=O) groups is 1. The third-order valence-corrected chi connectivity index (χ3v) is 2.97. The summed E-state index contributed by atoms with van der Waals surface area (Å²) >= 11 is 0. The molecule has 2 N–H and O–H groups in total. The fourth-order valence-electron chi connectivity index (χ4n) is 1.85. The first-order chi connectivity index (χ1) is 10.1. The minimum atomic E-state index is -0.485. The molecule has 106 valence electrons. The number of carbonyl (C=O) groups excluding carboxylic acids is 1. The molecule has 0 unspecified atom stereocenters. The smallest absolute Gasteiger partial charge is 0.310 e. The van der Waals surface area contributed by atoms with Crippen LogP contribution in [0.2, 0.25) is 0 Å². The van der Waals surface area contributed by atoms with Crippen LogP contribution in [-0.4, -0.2) is 5.97 Å². The van der Waals surface area contributed by atoms with E-state index in [2.05, 4.69) is 0 Å². The Morgan fingerprint density at radius 1 is 1.24 bits per heavy atom. The maximum atomic E-state index is 13.1. The number of nitriles is 1. The molecule has 4 nitrogen and oxygen atoms in total. The molecule has 0 aromatic heterocycles. The van der Waals surface area contributed by atoms with Crippen molar-refractivity contribution in [1.82, 2.24) is 0 Å². The molecule has 0 spiro atoms. The molecular weight excluding hydrogens is 271 g/mol. The van der Waals surface area contributed by atoms with Crippen LogP contribution in [0.4, 0.5) is 10.1 Å². The maximum absolute atomic E-state index is 13.1. The van der Waals surface area contributed by atoms with Crippen molar-refractivity contribution in [3.8, 4) is 6.07 Å². The first-order valence-electron chi connectivity index (χ1n) is 6.27. The van der Waals surface area contributed by atoms with E-state index in [4.69, 9.17) is 15.7 Å². The number of nitrogens with two attached hydrogens (primary N) is 1. The third-order valence-electron chi connectivity index (χ3n) is 2.97. The quantitative estimate of drug-likeness (QED) is 0.691. The van der Waals surface area contributed by atoms with Gasteiger partial charge in [0.05, 0.1) is 18.1 Å². The number of nitrogen functional groups attached to an aromatic ring is 1. The first-order valence-corrected chi connectivity index (χ1v) is 6.27. The van der Waals surface area contributed by atoms with E-state index in [1.807, 2.05) is 6.07 Å². The number of ether oxygens (including phenoxy) is 1. The van der Waals surface area contributed by atoms with Crippen molar-refractivity contribution in [3.63, 3.8) is 0 Å². The lowest BCUT2D eigenvalue weighted by molar-refractivity contribution is -0.144. The lowest BCUT2D eigenvalue weighted by Crippen LogP contribution is -2.10. The summed E-state index contributed by atoms with van der Waals surface area (Å²) in [4.78, 5) is 11.8. The van der Waals surface area contributed by atoms with Gasteiger partial charge in [0.1, 0.15) is 12.4 Å². The first kappa shape index (κ1) is 14.5. The molecule has 21 heavy (non-hydrogen) atoms. The Labute approximate surface area is 121 Å². The van der Waals surface area contributed by atoms with Crippen molar-refractivity contribution in [2.24, 2.45) is 0 Å². The van der Waals surface area contributed by atoms with Crippen LogP contribution in [0.3, 0.4) is 0 Å². The molecule has 0 aliphatic heterocycles. The molecular formula is C16H13FN2O2. The van der Waals surface area contributed by atoms with E-state index >= 15 is 0 Å². The number of halogens is 1. The highest BCUT2D eigenvalue weighted by Gasteiger charge is 2.10. The van der Waals surface area contributed by atoms with Gasteiger partial charge >= 0.3 is 5.97 Å². The molecule has 0 aliphatic carbocycles. The topological polar surface area (TPSA) is 76.1 Å². The van der Waals surface area contributed by atoms with Crippen molar-refractivity contribution < 1.29 is 13.9 Å². The van der Waals surface area contributed by atoms with E-state index in [1.54, 1.807) is 24.3 Å². The van der Waals surface area contributed by atoms with Crippen LogP contribution in [0.25, 0.3) is 0 Å². The van der Waals surface area contributed by atoms with Crippen LogP contribution in [0, 0.1) is 17.1 Å².